The summed E-state index contributed by atoms with van der Waals surface area (Å²) < 4.78 is 10.8. The third kappa shape index (κ3) is 4.51. The summed E-state index contributed by atoms with van der Waals surface area (Å²) in [7, 11) is 0. The molecule has 0 aromatic heterocycles. The van der Waals surface area contributed by atoms with Crippen LogP contribution in [-0.2, 0) is 17.6 Å². The summed E-state index contributed by atoms with van der Waals surface area (Å²) in [5, 5.41) is 13.1. The highest BCUT2D eigenvalue weighted by Crippen LogP contribution is 2.28. The number of hydrogen-bond acceptors (Lipinski definition) is 4. The molecule has 1 aliphatic heterocycles. The molecule has 2 N–H and O–H groups in total. The standard InChI is InChI=1S/C20H23NO4/c1-2-24-17-6-3-14(4-7-17)11-20(23)21-13-18(22)15-5-8-19-16(12-15)9-10-25-19/h3-8,12,18,22H,2,9-11,13H2,1H3,(H,21,23). The Kier molecular flexibility index (Phi) is 5.56. The van der Waals surface area contributed by atoms with Crippen molar-refractivity contribution < 1.29 is 19.4 Å². The molecule has 0 saturated heterocycles. The molecular formula is C20H23NO4. The third-order valence-corrected chi connectivity index (χ3v) is 4.19. The Hall–Kier alpha value is -2.53. The van der Waals surface area contributed by atoms with E-state index >= 15 is 0 Å². The maximum atomic E-state index is 12.1. The van der Waals surface area contributed by atoms with Gasteiger partial charge in [0.25, 0.3) is 0 Å². The van der Waals surface area contributed by atoms with Crippen molar-refractivity contribution in [1.82, 2.24) is 5.32 Å². The number of fused-ring (bicyclic) bond motifs is 1. The molecule has 0 fully saturated rings. The van der Waals surface area contributed by atoms with E-state index < -0.39 is 6.10 Å². The van der Waals surface area contributed by atoms with Gasteiger partial charge in [0, 0.05) is 13.0 Å². The van der Waals surface area contributed by atoms with Crippen LogP contribution < -0.4 is 14.8 Å². The number of nitrogens with one attached hydrogen (secondary N) is 1. The molecule has 132 valence electrons. The van der Waals surface area contributed by atoms with Gasteiger partial charge in [0.1, 0.15) is 11.5 Å². The van der Waals surface area contributed by atoms with E-state index in [0.29, 0.717) is 13.2 Å². The lowest BCUT2D eigenvalue weighted by molar-refractivity contribution is -0.120. The molecule has 25 heavy (non-hydrogen) atoms. The molecule has 1 heterocycles. The van der Waals surface area contributed by atoms with Crippen LogP contribution in [0.5, 0.6) is 11.5 Å². The molecule has 0 aliphatic carbocycles. The molecule has 2 aromatic rings. The molecule has 0 radical (unpaired) electrons. The molecule has 2 aromatic carbocycles. The molecule has 3 rings (SSSR count). The summed E-state index contributed by atoms with van der Waals surface area (Å²) in [6, 6.07) is 13.1. The van der Waals surface area contributed by atoms with Crippen LogP contribution in [0.25, 0.3) is 0 Å². The van der Waals surface area contributed by atoms with Crippen LogP contribution in [0.3, 0.4) is 0 Å². The largest absolute Gasteiger partial charge is 0.494 e. The summed E-state index contributed by atoms with van der Waals surface area (Å²) in [5.41, 5.74) is 2.81. The van der Waals surface area contributed by atoms with Gasteiger partial charge >= 0.3 is 0 Å². The first-order valence-corrected chi connectivity index (χ1v) is 8.58. The van der Waals surface area contributed by atoms with Gasteiger partial charge in [-0.2, -0.15) is 0 Å². The Morgan fingerprint density at radius 1 is 1.28 bits per heavy atom. The smallest absolute Gasteiger partial charge is 0.224 e. The summed E-state index contributed by atoms with van der Waals surface area (Å²) in [5.74, 6) is 1.56. The fourth-order valence-electron chi connectivity index (χ4n) is 2.86. The van der Waals surface area contributed by atoms with Gasteiger partial charge in [-0.25, -0.2) is 0 Å². The fourth-order valence-corrected chi connectivity index (χ4v) is 2.86. The maximum absolute atomic E-state index is 12.1. The zero-order valence-corrected chi connectivity index (χ0v) is 14.3. The third-order valence-electron chi connectivity index (χ3n) is 4.19. The lowest BCUT2D eigenvalue weighted by Gasteiger charge is -2.13. The van der Waals surface area contributed by atoms with Crippen LogP contribution >= 0.6 is 0 Å². The topological polar surface area (TPSA) is 67.8 Å². The molecule has 0 spiro atoms. The lowest BCUT2D eigenvalue weighted by atomic mass is 10.0. The van der Waals surface area contributed by atoms with E-state index in [4.69, 9.17) is 9.47 Å². The average Bonchev–Trinajstić information content (AvgIpc) is 3.09. The summed E-state index contributed by atoms with van der Waals surface area (Å²) >= 11 is 0. The Labute approximate surface area is 147 Å². The number of amides is 1. The van der Waals surface area contributed by atoms with Crippen molar-refractivity contribution in [3.63, 3.8) is 0 Å². The summed E-state index contributed by atoms with van der Waals surface area (Å²) in [6.07, 6.45) is 0.409. The second-order valence-corrected chi connectivity index (χ2v) is 6.04. The average molecular weight is 341 g/mol. The van der Waals surface area contributed by atoms with Crippen molar-refractivity contribution in [1.29, 1.82) is 0 Å². The van der Waals surface area contributed by atoms with Gasteiger partial charge in [0.15, 0.2) is 0 Å². The number of carbonyl (C=O) groups excluding carboxylic acids is 1. The first-order valence-electron chi connectivity index (χ1n) is 8.58. The van der Waals surface area contributed by atoms with Gasteiger partial charge < -0.3 is 19.9 Å². The van der Waals surface area contributed by atoms with Gasteiger partial charge in [-0.1, -0.05) is 18.2 Å². The van der Waals surface area contributed by atoms with Gasteiger partial charge in [-0.15, -0.1) is 0 Å². The zero-order chi connectivity index (χ0) is 17.6. The number of ether oxygens (including phenoxy) is 2. The SMILES string of the molecule is CCOc1ccc(CC(=O)NCC(O)c2ccc3c(c2)CCO3)cc1. The second kappa shape index (κ2) is 8.03. The highest BCUT2D eigenvalue weighted by molar-refractivity contribution is 5.78. The predicted octanol–water partition coefficient (Wildman–Crippen LogP) is 2.41. The fraction of sp³-hybridized carbons (Fsp3) is 0.350. The minimum absolute atomic E-state index is 0.118. The van der Waals surface area contributed by atoms with Crippen molar-refractivity contribution in [2.75, 3.05) is 19.8 Å². The van der Waals surface area contributed by atoms with Crippen molar-refractivity contribution in [2.24, 2.45) is 0 Å². The van der Waals surface area contributed by atoms with Gasteiger partial charge in [-0.05, 0) is 47.9 Å². The van der Waals surface area contributed by atoms with E-state index in [1.54, 1.807) is 0 Å². The number of hydrogen-bond donors (Lipinski definition) is 2. The minimum Gasteiger partial charge on any atom is -0.494 e. The summed E-state index contributed by atoms with van der Waals surface area (Å²) in [6.45, 7) is 3.43. The Balaban J connectivity index is 1.49. The predicted molar refractivity (Wildman–Crippen MR) is 94.9 cm³/mol. The van der Waals surface area contributed by atoms with E-state index in [9.17, 15) is 9.90 Å². The molecular weight excluding hydrogens is 318 g/mol. The molecule has 5 heteroatoms. The van der Waals surface area contributed by atoms with Crippen LogP contribution in [0.2, 0.25) is 0 Å². The van der Waals surface area contributed by atoms with Crippen molar-refractivity contribution >= 4 is 5.91 Å². The van der Waals surface area contributed by atoms with Crippen LogP contribution in [0.4, 0.5) is 0 Å². The van der Waals surface area contributed by atoms with Crippen LogP contribution in [0.15, 0.2) is 42.5 Å². The molecule has 0 bridgehead atoms. The molecule has 1 atom stereocenters. The van der Waals surface area contributed by atoms with E-state index in [1.807, 2.05) is 49.4 Å². The van der Waals surface area contributed by atoms with Gasteiger partial charge in [0.2, 0.25) is 5.91 Å². The van der Waals surface area contributed by atoms with Crippen molar-refractivity contribution in [3.05, 3.63) is 59.2 Å². The van der Waals surface area contributed by atoms with Crippen LogP contribution in [-0.4, -0.2) is 30.8 Å². The number of aliphatic hydroxyl groups excluding tert-OH is 1. The monoisotopic (exact) mass is 341 g/mol. The molecule has 1 amide bonds. The molecule has 0 saturated carbocycles. The summed E-state index contributed by atoms with van der Waals surface area (Å²) in [4.78, 5) is 12.1. The first-order chi connectivity index (χ1) is 12.2. The number of rotatable bonds is 7. The molecule has 1 unspecified atom stereocenters. The Morgan fingerprint density at radius 2 is 2.08 bits per heavy atom. The van der Waals surface area contributed by atoms with E-state index in [0.717, 1.165) is 34.6 Å². The molecule has 1 aliphatic rings. The highest BCUT2D eigenvalue weighted by Gasteiger charge is 2.16. The van der Waals surface area contributed by atoms with Gasteiger partial charge in [-0.3, -0.25) is 4.79 Å². The second-order valence-electron chi connectivity index (χ2n) is 6.04. The zero-order valence-electron chi connectivity index (χ0n) is 14.3. The van der Waals surface area contributed by atoms with E-state index in [-0.39, 0.29) is 18.9 Å². The molecule has 5 nitrogen and oxygen atoms in total. The van der Waals surface area contributed by atoms with Gasteiger partial charge in [0.05, 0.1) is 25.7 Å². The quantitative estimate of drug-likeness (QED) is 0.812. The maximum Gasteiger partial charge on any atom is 0.224 e. The lowest BCUT2D eigenvalue weighted by Crippen LogP contribution is -2.29. The number of benzene rings is 2. The van der Waals surface area contributed by atoms with Crippen molar-refractivity contribution in [3.8, 4) is 11.5 Å². The number of aliphatic hydroxyl groups is 1. The number of carbonyl (C=O) groups is 1. The normalized spacial score (nSPS) is 13.7. The van der Waals surface area contributed by atoms with E-state index in [2.05, 4.69) is 5.32 Å². The van der Waals surface area contributed by atoms with E-state index in [1.165, 1.54) is 0 Å². The Morgan fingerprint density at radius 3 is 2.84 bits per heavy atom. The minimum atomic E-state index is -0.727. The Bertz CT molecular complexity index is 727. The van der Waals surface area contributed by atoms with Crippen molar-refractivity contribution in [2.45, 2.75) is 25.9 Å². The highest BCUT2D eigenvalue weighted by atomic mass is 16.5. The van der Waals surface area contributed by atoms with Crippen LogP contribution in [0, 0.1) is 0 Å². The van der Waals surface area contributed by atoms with Crippen LogP contribution in [0.1, 0.15) is 29.7 Å². The first kappa shape index (κ1) is 17.3.